The molecule has 0 aromatic carbocycles. The SMILES string of the molecule is COC(CNc1cc(-c2ccncc2)nc(-c2ccccn2)n1)OC. The molecule has 3 aromatic rings. The third-order valence-corrected chi connectivity index (χ3v) is 3.57. The molecule has 0 aliphatic rings. The van der Waals surface area contributed by atoms with Gasteiger partial charge in [0.25, 0.3) is 0 Å². The minimum atomic E-state index is -0.363. The van der Waals surface area contributed by atoms with Crippen LogP contribution >= 0.6 is 0 Å². The van der Waals surface area contributed by atoms with E-state index < -0.39 is 0 Å². The monoisotopic (exact) mass is 337 g/mol. The van der Waals surface area contributed by atoms with Crippen LogP contribution in [-0.2, 0) is 9.47 Å². The van der Waals surface area contributed by atoms with E-state index in [9.17, 15) is 0 Å². The van der Waals surface area contributed by atoms with Crippen LogP contribution in [0.1, 0.15) is 0 Å². The van der Waals surface area contributed by atoms with Crippen molar-refractivity contribution in [2.45, 2.75) is 6.29 Å². The molecule has 0 radical (unpaired) electrons. The summed E-state index contributed by atoms with van der Waals surface area (Å²) < 4.78 is 10.4. The Balaban J connectivity index is 1.97. The van der Waals surface area contributed by atoms with Gasteiger partial charge < -0.3 is 14.8 Å². The minimum Gasteiger partial charge on any atom is -0.365 e. The first kappa shape index (κ1) is 16.9. The number of hydrogen-bond donors (Lipinski definition) is 1. The van der Waals surface area contributed by atoms with Crippen molar-refractivity contribution in [2.24, 2.45) is 0 Å². The molecule has 0 amide bonds. The van der Waals surface area contributed by atoms with E-state index in [1.165, 1.54) is 0 Å². The van der Waals surface area contributed by atoms with Crippen molar-refractivity contribution in [2.75, 3.05) is 26.1 Å². The zero-order chi connectivity index (χ0) is 17.5. The first-order valence-electron chi connectivity index (χ1n) is 7.80. The number of ether oxygens (including phenoxy) is 2. The van der Waals surface area contributed by atoms with Crippen LogP contribution in [-0.4, -0.2) is 47.0 Å². The maximum atomic E-state index is 5.20. The summed E-state index contributed by atoms with van der Waals surface area (Å²) >= 11 is 0. The number of rotatable bonds is 7. The predicted molar refractivity (Wildman–Crippen MR) is 94.8 cm³/mol. The van der Waals surface area contributed by atoms with E-state index in [0.29, 0.717) is 23.9 Å². The largest absolute Gasteiger partial charge is 0.365 e. The molecule has 3 aromatic heterocycles. The lowest BCUT2D eigenvalue weighted by Crippen LogP contribution is -2.24. The Hall–Kier alpha value is -2.90. The van der Waals surface area contributed by atoms with Gasteiger partial charge in [-0.25, -0.2) is 9.97 Å². The van der Waals surface area contributed by atoms with Gasteiger partial charge >= 0.3 is 0 Å². The molecule has 0 atom stereocenters. The highest BCUT2D eigenvalue weighted by Gasteiger charge is 2.11. The molecule has 0 saturated carbocycles. The number of nitrogens with zero attached hydrogens (tertiary/aromatic N) is 4. The summed E-state index contributed by atoms with van der Waals surface area (Å²) in [5.41, 5.74) is 2.44. The molecule has 0 fully saturated rings. The van der Waals surface area contributed by atoms with Gasteiger partial charge in [0.15, 0.2) is 12.1 Å². The molecule has 0 bridgehead atoms. The zero-order valence-corrected chi connectivity index (χ0v) is 14.1. The Kier molecular flexibility index (Phi) is 5.61. The van der Waals surface area contributed by atoms with E-state index in [0.717, 1.165) is 11.3 Å². The molecule has 1 N–H and O–H groups in total. The van der Waals surface area contributed by atoms with E-state index in [4.69, 9.17) is 9.47 Å². The second-order valence-electron chi connectivity index (χ2n) is 5.19. The van der Waals surface area contributed by atoms with Crippen molar-refractivity contribution in [1.29, 1.82) is 0 Å². The van der Waals surface area contributed by atoms with Crippen LogP contribution in [0.25, 0.3) is 22.8 Å². The van der Waals surface area contributed by atoms with Gasteiger partial charge in [-0.05, 0) is 24.3 Å². The Bertz CT molecular complexity index is 737. The lowest BCUT2D eigenvalue weighted by molar-refractivity contribution is -0.0914. The highest BCUT2D eigenvalue weighted by atomic mass is 16.7. The van der Waals surface area contributed by atoms with Gasteiger partial charge in [-0.3, -0.25) is 9.97 Å². The first-order valence-corrected chi connectivity index (χ1v) is 7.80. The third-order valence-electron chi connectivity index (χ3n) is 3.57. The average molecular weight is 337 g/mol. The Morgan fingerprint density at radius 2 is 1.76 bits per heavy atom. The molecule has 0 unspecified atom stereocenters. The highest BCUT2D eigenvalue weighted by molar-refractivity contribution is 5.65. The van der Waals surface area contributed by atoms with Crippen molar-refractivity contribution in [3.8, 4) is 22.8 Å². The van der Waals surface area contributed by atoms with Crippen molar-refractivity contribution in [3.05, 3.63) is 55.0 Å². The molecular weight excluding hydrogens is 318 g/mol. The van der Waals surface area contributed by atoms with E-state index in [1.807, 2.05) is 36.4 Å². The molecule has 25 heavy (non-hydrogen) atoms. The van der Waals surface area contributed by atoms with Gasteiger partial charge in [0.1, 0.15) is 11.5 Å². The first-order chi connectivity index (χ1) is 12.3. The quantitative estimate of drug-likeness (QED) is 0.664. The summed E-state index contributed by atoms with van der Waals surface area (Å²) in [5, 5.41) is 3.22. The van der Waals surface area contributed by atoms with Crippen LogP contribution in [0.4, 0.5) is 5.82 Å². The molecule has 0 spiro atoms. The lowest BCUT2D eigenvalue weighted by Gasteiger charge is -2.15. The van der Waals surface area contributed by atoms with E-state index in [-0.39, 0.29) is 6.29 Å². The van der Waals surface area contributed by atoms with Gasteiger partial charge in [0, 0.05) is 44.4 Å². The molecule has 7 nitrogen and oxygen atoms in total. The minimum absolute atomic E-state index is 0.363. The van der Waals surface area contributed by atoms with E-state index in [1.54, 1.807) is 32.8 Å². The Labute approximate surface area is 146 Å². The summed E-state index contributed by atoms with van der Waals surface area (Å²) in [6.07, 6.45) is 4.82. The standard InChI is InChI=1S/C18H19N5O2/c1-24-17(25-2)12-21-16-11-15(13-6-9-19-10-7-13)22-18(23-16)14-5-3-4-8-20-14/h3-11,17H,12H2,1-2H3,(H,21,22,23). The Morgan fingerprint density at radius 3 is 2.44 bits per heavy atom. The Morgan fingerprint density at radius 1 is 0.960 bits per heavy atom. The van der Waals surface area contributed by atoms with Crippen molar-refractivity contribution < 1.29 is 9.47 Å². The predicted octanol–water partition coefficient (Wildman–Crippen LogP) is 2.63. The van der Waals surface area contributed by atoms with Crippen molar-refractivity contribution in [1.82, 2.24) is 19.9 Å². The van der Waals surface area contributed by atoms with E-state index >= 15 is 0 Å². The van der Waals surface area contributed by atoms with Crippen LogP contribution in [0.5, 0.6) is 0 Å². The summed E-state index contributed by atoms with van der Waals surface area (Å²) in [6.45, 7) is 0.460. The van der Waals surface area contributed by atoms with Crippen molar-refractivity contribution in [3.63, 3.8) is 0 Å². The summed E-state index contributed by atoms with van der Waals surface area (Å²) in [7, 11) is 3.19. The van der Waals surface area contributed by atoms with Crippen LogP contribution in [0, 0.1) is 0 Å². The number of methoxy groups -OCH3 is 2. The van der Waals surface area contributed by atoms with Gasteiger partial charge in [0.05, 0.1) is 12.2 Å². The molecule has 7 heteroatoms. The summed E-state index contributed by atoms with van der Waals surface area (Å²) in [4.78, 5) is 17.6. The molecule has 0 saturated heterocycles. The second kappa shape index (κ2) is 8.27. The van der Waals surface area contributed by atoms with Crippen LogP contribution < -0.4 is 5.32 Å². The maximum Gasteiger partial charge on any atom is 0.180 e. The van der Waals surface area contributed by atoms with Crippen LogP contribution in [0.15, 0.2) is 55.0 Å². The average Bonchev–Trinajstić information content (AvgIpc) is 2.70. The molecule has 3 heterocycles. The van der Waals surface area contributed by atoms with Gasteiger partial charge in [-0.15, -0.1) is 0 Å². The normalized spacial score (nSPS) is 10.8. The second-order valence-corrected chi connectivity index (χ2v) is 5.19. The van der Waals surface area contributed by atoms with Gasteiger partial charge in [0.2, 0.25) is 0 Å². The fraction of sp³-hybridized carbons (Fsp3) is 0.222. The zero-order valence-electron chi connectivity index (χ0n) is 14.1. The number of aromatic nitrogens is 4. The fourth-order valence-corrected chi connectivity index (χ4v) is 2.27. The summed E-state index contributed by atoms with van der Waals surface area (Å²) in [5.74, 6) is 1.21. The topological polar surface area (TPSA) is 82.0 Å². The molecule has 128 valence electrons. The van der Waals surface area contributed by atoms with Gasteiger partial charge in [-0.1, -0.05) is 6.07 Å². The number of nitrogens with one attached hydrogen (secondary N) is 1. The number of hydrogen-bond acceptors (Lipinski definition) is 7. The molecular formula is C18H19N5O2. The third kappa shape index (κ3) is 4.34. The number of pyridine rings is 2. The molecule has 0 aliphatic heterocycles. The van der Waals surface area contributed by atoms with Crippen molar-refractivity contribution >= 4 is 5.82 Å². The highest BCUT2D eigenvalue weighted by Crippen LogP contribution is 2.23. The smallest absolute Gasteiger partial charge is 0.180 e. The van der Waals surface area contributed by atoms with Crippen LogP contribution in [0.2, 0.25) is 0 Å². The van der Waals surface area contributed by atoms with E-state index in [2.05, 4.69) is 25.3 Å². The fourth-order valence-electron chi connectivity index (χ4n) is 2.27. The lowest BCUT2D eigenvalue weighted by atomic mass is 10.2. The number of anilines is 1. The maximum absolute atomic E-state index is 5.20. The summed E-state index contributed by atoms with van der Waals surface area (Å²) in [6, 6.07) is 11.3. The molecule has 0 aliphatic carbocycles. The molecule has 3 rings (SSSR count). The van der Waals surface area contributed by atoms with Gasteiger partial charge in [-0.2, -0.15) is 0 Å². The van der Waals surface area contributed by atoms with Crippen LogP contribution in [0.3, 0.4) is 0 Å².